The van der Waals surface area contributed by atoms with Crippen molar-refractivity contribution in [3.05, 3.63) is 29.8 Å². The van der Waals surface area contributed by atoms with Crippen molar-refractivity contribution in [1.82, 2.24) is 5.06 Å². The monoisotopic (exact) mass is 466 g/mol. The maximum Gasteiger partial charge on any atom is 0.363 e. The lowest BCUT2D eigenvalue weighted by molar-refractivity contribution is -0.172. The van der Waals surface area contributed by atoms with E-state index in [-0.39, 0.29) is 21.0 Å². The zero-order chi connectivity index (χ0) is 17.9. The van der Waals surface area contributed by atoms with E-state index in [4.69, 9.17) is 9.39 Å². The van der Waals surface area contributed by atoms with Crippen molar-refractivity contribution >= 4 is 63.0 Å². The Labute approximate surface area is 152 Å². The third-order valence-corrected chi connectivity index (χ3v) is 4.53. The summed E-state index contributed by atoms with van der Waals surface area (Å²) < 4.78 is 20.1. The van der Waals surface area contributed by atoms with Crippen LogP contribution < -0.4 is 5.32 Å². The summed E-state index contributed by atoms with van der Waals surface area (Å²) in [6, 6.07) is 5.73. The fraction of sp³-hybridized carbons (Fsp3) is 0.231. The molecular weight excluding hydrogens is 455 g/mol. The number of halogens is 1. The molecule has 0 aromatic heterocycles. The molecule has 11 heteroatoms. The Hall–Kier alpha value is -1.86. The van der Waals surface area contributed by atoms with Crippen LogP contribution in [0.15, 0.2) is 24.3 Å². The van der Waals surface area contributed by atoms with Crippen molar-refractivity contribution in [2.45, 2.75) is 11.7 Å². The molecule has 1 fully saturated rings. The van der Waals surface area contributed by atoms with Crippen molar-refractivity contribution < 1.29 is 32.8 Å². The molecule has 2 N–H and O–H groups in total. The highest BCUT2D eigenvalue weighted by atomic mass is 127. The van der Waals surface area contributed by atoms with E-state index in [2.05, 4.69) is 5.32 Å². The van der Waals surface area contributed by atoms with Crippen LogP contribution in [0.25, 0.3) is 0 Å². The Morgan fingerprint density at radius 2 is 2.12 bits per heavy atom. The summed E-state index contributed by atoms with van der Waals surface area (Å²) in [5, 5.41) is 1.29. The zero-order valence-corrected chi connectivity index (χ0v) is 14.9. The van der Waals surface area contributed by atoms with Crippen LogP contribution in [0.3, 0.4) is 0 Å². The lowest BCUT2D eigenvalue weighted by Crippen LogP contribution is -2.35. The molecular formula is C13H11IN2O7S. The molecule has 1 aromatic carbocycles. The van der Waals surface area contributed by atoms with Crippen LogP contribution in [-0.2, 0) is 30.3 Å². The number of hydrogen-bond donors (Lipinski definition) is 2. The van der Waals surface area contributed by atoms with Crippen molar-refractivity contribution in [1.29, 1.82) is 0 Å². The summed E-state index contributed by atoms with van der Waals surface area (Å²) >= 11 is -0.659. The third-order valence-electron chi connectivity index (χ3n) is 2.98. The van der Waals surface area contributed by atoms with Gasteiger partial charge in [-0.3, -0.25) is 14.4 Å². The van der Waals surface area contributed by atoms with Crippen LogP contribution >= 0.6 is 22.6 Å². The lowest BCUT2D eigenvalue weighted by Gasteiger charge is -2.13. The number of carbonyl (C=O) groups excluding carboxylic acids is 4. The molecule has 3 amide bonds. The normalized spacial score (nSPS) is 18.4. The molecule has 0 aliphatic carbocycles. The van der Waals surface area contributed by atoms with Gasteiger partial charge >= 0.3 is 5.97 Å². The number of nitrogens with zero attached hydrogens (tertiary/aromatic N) is 1. The van der Waals surface area contributed by atoms with E-state index < -0.39 is 40.5 Å². The smallest absolute Gasteiger partial charge is 0.325 e. The third kappa shape index (κ3) is 4.15. The molecule has 2 rings (SSSR count). The summed E-state index contributed by atoms with van der Waals surface area (Å²) in [5.41, 5.74) is 0.343. The second-order valence-electron chi connectivity index (χ2n) is 4.64. The van der Waals surface area contributed by atoms with Crippen molar-refractivity contribution in [2.75, 3.05) is 9.74 Å². The van der Waals surface area contributed by atoms with Crippen molar-refractivity contribution in [3.8, 4) is 0 Å². The number of nitrogens with one attached hydrogen (secondary N) is 1. The molecule has 1 aliphatic rings. The van der Waals surface area contributed by atoms with Gasteiger partial charge in [0.25, 0.3) is 11.8 Å². The zero-order valence-electron chi connectivity index (χ0n) is 11.9. The molecule has 2 unspecified atom stereocenters. The minimum atomic E-state index is -2.53. The fourth-order valence-corrected chi connectivity index (χ4v) is 2.63. The van der Waals surface area contributed by atoms with Crippen LogP contribution in [0.5, 0.6) is 0 Å². The quantitative estimate of drug-likeness (QED) is 0.280. The van der Waals surface area contributed by atoms with Gasteiger partial charge in [-0.25, -0.2) is 9.00 Å². The lowest BCUT2D eigenvalue weighted by atomic mass is 10.2. The van der Waals surface area contributed by atoms with Gasteiger partial charge in [-0.15, -0.1) is 5.06 Å². The van der Waals surface area contributed by atoms with Gasteiger partial charge < -0.3 is 14.7 Å². The molecule has 2 atom stereocenters. The van der Waals surface area contributed by atoms with E-state index in [0.717, 1.165) is 0 Å². The predicted octanol–water partition coefficient (Wildman–Crippen LogP) is 0.481. The summed E-state index contributed by atoms with van der Waals surface area (Å²) in [4.78, 5) is 51.6. The first-order chi connectivity index (χ1) is 11.3. The maximum atomic E-state index is 12.1. The Morgan fingerprint density at radius 1 is 1.42 bits per heavy atom. The van der Waals surface area contributed by atoms with E-state index in [0.29, 0.717) is 5.69 Å². The van der Waals surface area contributed by atoms with Gasteiger partial charge in [-0.2, -0.15) is 0 Å². The van der Waals surface area contributed by atoms with E-state index >= 15 is 0 Å². The molecule has 128 valence electrons. The largest absolute Gasteiger partial charge is 0.363 e. The van der Waals surface area contributed by atoms with Gasteiger partial charge in [0.2, 0.25) is 5.91 Å². The molecule has 1 aromatic rings. The van der Waals surface area contributed by atoms with Gasteiger partial charge in [-0.05, 0) is 18.2 Å². The Balaban J connectivity index is 2.11. The van der Waals surface area contributed by atoms with Gasteiger partial charge in [0.05, 0.1) is 16.4 Å². The number of amides is 3. The number of carbonyl (C=O) groups is 4. The molecule has 0 bridgehead atoms. The predicted molar refractivity (Wildman–Crippen MR) is 90.4 cm³/mol. The van der Waals surface area contributed by atoms with E-state index in [1.807, 2.05) is 22.6 Å². The minimum Gasteiger partial charge on any atom is -0.325 e. The molecule has 0 saturated carbocycles. The Bertz CT molecular complexity index is 739. The molecule has 0 spiro atoms. The highest BCUT2D eigenvalue weighted by Crippen LogP contribution is 2.19. The van der Waals surface area contributed by atoms with Crippen LogP contribution in [0.1, 0.15) is 16.8 Å². The van der Waals surface area contributed by atoms with Gasteiger partial charge in [-0.1, -0.05) is 28.7 Å². The first-order valence-corrected chi connectivity index (χ1v) is 9.17. The maximum absolute atomic E-state index is 12.1. The number of anilines is 1. The van der Waals surface area contributed by atoms with Crippen LogP contribution in [0, 0.1) is 0 Å². The second-order valence-corrected chi connectivity index (χ2v) is 6.52. The number of benzene rings is 1. The fourth-order valence-electron chi connectivity index (χ4n) is 1.89. The highest BCUT2D eigenvalue weighted by molar-refractivity contribution is 14.1. The van der Waals surface area contributed by atoms with E-state index in [1.54, 1.807) is 6.07 Å². The van der Waals surface area contributed by atoms with Crippen LogP contribution in [-0.4, -0.2) is 47.2 Å². The molecule has 1 aliphatic heterocycles. The topological polar surface area (TPSA) is 130 Å². The van der Waals surface area contributed by atoms with Crippen LogP contribution in [0.4, 0.5) is 5.69 Å². The summed E-state index contributed by atoms with van der Waals surface area (Å²) in [6.45, 7) is 0. The number of hydroxylamine groups is 2. The number of alkyl halides is 1. The summed E-state index contributed by atoms with van der Waals surface area (Å²) in [6.07, 6.45) is -0.513. The molecule has 1 heterocycles. The standard InChI is InChI=1S/C13H11IN2O7S/c14-6-10(17)15-8-3-1-2-7(4-8)13(20)23-16-11(18)5-9(12(16)19)24(21)22/h1-4,9H,5-6H2,(H,15,17)(H,21,22). The first-order valence-electron chi connectivity index (χ1n) is 6.48. The number of rotatable bonds is 5. The first kappa shape index (κ1) is 18.5. The summed E-state index contributed by atoms with van der Waals surface area (Å²) in [7, 11) is 0. The van der Waals surface area contributed by atoms with Gasteiger partial charge in [0.15, 0.2) is 16.3 Å². The second kappa shape index (κ2) is 7.81. The van der Waals surface area contributed by atoms with E-state index in [9.17, 15) is 23.4 Å². The highest BCUT2D eigenvalue weighted by Gasteiger charge is 2.45. The van der Waals surface area contributed by atoms with Crippen molar-refractivity contribution in [3.63, 3.8) is 0 Å². The average molecular weight is 466 g/mol. The van der Waals surface area contributed by atoms with Crippen molar-refractivity contribution in [2.24, 2.45) is 0 Å². The summed E-state index contributed by atoms with van der Waals surface area (Å²) in [5.74, 6) is -3.20. The van der Waals surface area contributed by atoms with E-state index in [1.165, 1.54) is 18.2 Å². The van der Waals surface area contributed by atoms with Gasteiger partial charge in [0.1, 0.15) is 0 Å². The molecule has 1 saturated heterocycles. The minimum absolute atomic E-state index is 0.00423. The Morgan fingerprint density at radius 3 is 2.71 bits per heavy atom. The SMILES string of the molecule is O=C(CI)Nc1cccc(C(=O)ON2C(=O)CC(S(=O)O)C2=O)c1. The molecule has 24 heavy (non-hydrogen) atoms. The molecule has 9 nitrogen and oxygen atoms in total. The Kier molecular flexibility index (Phi) is 6.01. The van der Waals surface area contributed by atoms with Gasteiger partial charge in [0, 0.05) is 5.69 Å². The number of hydrogen-bond acceptors (Lipinski definition) is 6. The average Bonchev–Trinajstić information content (AvgIpc) is 2.83. The number of imide groups is 1. The molecule has 0 radical (unpaired) electrons. The van der Waals surface area contributed by atoms with Crippen LogP contribution in [0.2, 0.25) is 0 Å².